The van der Waals surface area contributed by atoms with E-state index in [0.717, 1.165) is 19.2 Å². The maximum absolute atomic E-state index is 13.4. The average molecular weight is 488 g/mol. The Labute approximate surface area is 183 Å². The number of anilines is 1. The molecular formula is C20H15BrFN5O2S. The number of hydrogen-bond donors (Lipinski definition) is 1. The van der Waals surface area contributed by atoms with Crippen molar-refractivity contribution in [1.29, 1.82) is 0 Å². The summed E-state index contributed by atoms with van der Waals surface area (Å²) in [5, 5.41) is 11.7. The van der Waals surface area contributed by atoms with Crippen molar-refractivity contribution in [1.82, 2.24) is 19.4 Å². The van der Waals surface area contributed by atoms with Crippen LogP contribution in [0.15, 0.2) is 73.8 Å². The number of aromatic nitrogens is 4. The Morgan fingerprint density at radius 3 is 2.77 bits per heavy atom. The maximum Gasteiger partial charge on any atom is 0.367 e. The lowest BCUT2D eigenvalue weighted by atomic mass is 10.2. The lowest BCUT2D eigenvalue weighted by Crippen LogP contribution is -2.28. The van der Waals surface area contributed by atoms with Crippen molar-refractivity contribution in [3.8, 4) is 0 Å². The number of carbonyl (C=O) groups is 1. The molecule has 4 aromatic rings. The van der Waals surface area contributed by atoms with Crippen LogP contribution in [0.25, 0.3) is 5.65 Å². The molecule has 10 heteroatoms. The number of rotatable bonds is 5. The van der Waals surface area contributed by atoms with Crippen LogP contribution in [-0.4, -0.2) is 25.3 Å². The normalized spacial score (nSPS) is 11.0. The van der Waals surface area contributed by atoms with Crippen LogP contribution in [0.4, 0.5) is 10.1 Å². The monoisotopic (exact) mass is 487 g/mol. The standard InChI is InChI=1S/C20H15BrFN5O2S/c1-12-9-14(5-6-16(12)21)23-18(28)11-26-20(29)27-17(24-26)7-8-19(25-27)30-15-4-2-3-13(22)10-15/h2-10H,11H2,1H3,(H,23,28). The van der Waals surface area contributed by atoms with Crippen molar-refractivity contribution in [3.63, 3.8) is 0 Å². The highest BCUT2D eigenvalue weighted by molar-refractivity contribution is 9.10. The van der Waals surface area contributed by atoms with Gasteiger partial charge < -0.3 is 5.32 Å². The Morgan fingerprint density at radius 1 is 1.17 bits per heavy atom. The molecule has 2 aromatic heterocycles. The molecule has 1 amide bonds. The van der Waals surface area contributed by atoms with E-state index in [1.165, 1.54) is 23.9 Å². The number of halogens is 2. The topological polar surface area (TPSA) is 81.3 Å². The zero-order valence-corrected chi connectivity index (χ0v) is 18.1. The van der Waals surface area contributed by atoms with Gasteiger partial charge in [-0.05, 0) is 61.0 Å². The Kier molecular flexibility index (Phi) is 5.69. The van der Waals surface area contributed by atoms with E-state index in [1.807, 2.05) is 19.1 Å². The number of amides is 1. The number of benzene rings is 2. The van der Waals surface area contributed by atoms with Gasteiger partial charge in [-0.3, -0.25) is 4.79 Å². The Morgan fingerprint density at radius 2 is 2.00 bits per heavy atom. The fourth-order valence-electron chi connectivity index (χ4n) is 2.76. The van der Waals surface area contributed by atoms with Crippen LogP contribution in [-0.2, 0) is 11.3 Å². The molecule has 0 aliphatic heterocycles. The molecule has 0 bridgehead atoms. The summed E-state index contributed by atoms with van der Waals surface area (Å²) in [7, 11) is 0. The third kappa shape index (κ3) is 4.44. The van der Waals surface area contributed by atoms with Crippen molar-refractivity contribution in [2.75, 3.05) is 5.32 Å². The number of aryl methyl sites for hydroxylation is 1. The van der Waals surface area contributed by atoms with E-state index in [1.54, 1.807) is 30.3 Å². The van der Waals surface area contributed by atoms with E-state index in [9.17, 15) is 14.0 Å². The van der Waals surface area contributed by atoms with E-state index in [-0.39, 0.29) is 18.3 Å². The Balaban J connectivity index is 1.53. The highest BCUT2D eigenvalue weighted by Gasteiger charge is 2.13. The van der Waals surface area contributed by atoms with Crippen molar-refractivity contribution in [3.05, 3.63) is 80.9 Å². The van der Waals surface area contributed by atoms with E-state index in [2.05, 4.69) is 31.4 Å². The quantitative estimate of drug-likeness (QED) is 0.461. The highest BCUT2D eigenvalue weighted by Crippen LogP contribution is 2.26. The van der Waals surface area contributed by atoms with Gasteiger partial charge in [0, 0.05) is 15.1 Å². The summed E-state index contributed by atoms with van der Waals surface area (Å²) >= 11 is 4.63. The van der Waals surface area contributed by atoms with Crippen LogP contribution in [0, 0.1) is 12.7 Å². The lowest BCUT2D eigenvalue weighted by Gasteiger charge is -2.06. The second kappa shape index (κ2) is 8.41. The fraction of sp³-hybridized carbons (Fsp3) is 0.100. The van der Waals surface area contributed by atoms with Crippen LogP contribution in [0.5, 0.6) is 0 Å². The maximum atomic E-state index is 13.4. The second-order valence-corrected chi connectivity index (χ2v) is 8.40. The van der Waals surface area contributed by atoms with E-state index >= 15 is 0 Å². The van der Waals surface area contributed by atoms with Crippen LogP contribution < -0.4 is 11.0 Å². The second-order valence-electron chi connectivity index (χ2n) is 6.45. The molecule has 4 rings (SSSR count). The molecule has 0 radical (unpaired) electrons. The summed E-state index contributed by atoms with van der Waals surface area (Å²) < 4.78 is 16.5. The molecule has 0 saturated carbocycles. The Bertz CT molecular complexity index is 1320. The number of hydrogen-bond acceptors (Lipinski definition) is 5. The van der Waals surface area contributed by atoms with E-state index < -0.39 is 5.69 Å². The van der Waals surface area contributed by atoms with Crippen LogP contribution in [0.3, 0.4) is 0 Å². The smallest absolute Gasteiger partial charge is 0.324 e. The summed E-state index contributed by atoms with van der Waals surface area (Å²) in [6, 6.07) is 14.8. The number of nitrogens with zero attached hydrogens (tertiary/aromatic N) is 4. The molecule has 0 fully saturated rings. The molecule has 0 atom stereocenters. The van der Waals surface area contributed by atoms with Crippen molar-refractivity contribution >= 4 is 44.9 Å². The van der Waals surface area contributed by atoms with Crippen LogP contribution >= 0.6 is 27.7 Å². The largest absolute Gasteiger partial charge is 0.367 e. The summed E-state index contributed by atoms with van der Waals surface area (Å²) in [6.07, 6.45) is 0. The van der Waals surface area contributed by atoms with Crippen molar-refractivity contribution < 1.29 is 9.18 Å². The third-order valence-electron chi connectivity index (χ3n) is 4.17. The average Bonchev–Trinajstić information content (AvgIpc) is 3.00. The predicted molar refractivity (Wildman–Crippen MR) is 115 cm³/mol. The van der Waals surface area contributed by atoms with E-state index in [4.69, 9.17) is 0 Å². The van der Waals surface area contributed by atoms with Gasteiger partial charge in [-0.15, -0.1) is 5.10 Å². The molecule has 1 N–H and O–H groups in total. The summed E-state index contributed by atoms with van der Waals surface area (Å²) in [6.45, 7) is 1.67. The third-order valence-corrected chi connectivity index (χ3v) is 5.98. The minimum absolute atomic E-state index is 0.246. The van der Waals surface area contributed by atoms with Crippen LogP contribution in [0.2, 0.25) is 0 Å². The van der Waals surface area contributed by atoms with Gasteiger partial charge >= 0.3 is 5.69 Å². The van der Waals surface area contributed by atoms with Crippen molar-refractivity contribution in [2.45, 2.75) is 23.4 Å². The molecule has 2 heterocycles. The predicted octanol–water partition coefficient (Wildman–Crippen LogP) is 3.89. The number of nitrogens with one attached hydrogen (secondary N) is 1. The fourth-order valence-corrected chi connectivity index (χ4v) is 3.82. The highest BCUT2D eigenvalue weighted by atomic mass is 79.9. The molecule has 0 saturated heterocycles. The first-order valence-corrected chi connectivity index (χ1v) is 10.5. The summed E-state index contributed by atoms with van der Waals surface area (Å²) in [5.41, 5.74) is 1.39. The SMILES string of the molecule is Cc1cc(NC(=O)Cn2nc3ccc(Sc4cccc(F)c4)nn3c2=O)ccc1Br. The van der Waals surface area contributed by atoms with Gasteiger partial charge in [-0.1, -0.05) is 33.8 Å². The zero-order chi connectivity index (χ0) is 21.3. The molecule has 2 aromatic carbocycles. The molecule has 30 heavy (non-hydrogen) atoms. The first kappa shape index (κ1) is 20.3. The molecule has 0 aliphatic carbocycles. The van der Waals surface area contributed by atoms with Crippen LogP contribution in [0.1, 0.15) is 5.56 Å². The van der Waals surface area contributed by atoms with Gasteiger partial charge in [0.2, 0.25) is 5.91 Å². The molecule has 7 nitrogen and oxygen atoms in total. The van der Waals surface area contributed by atoms with Gasteiger partial charge in [0.05, 0.1) is 0 Å². The first-order chi connectivity index (χ1) is 14.4. The van der Waals surface area contributed by atoms with Gasteiger partial charge in [-0.2, -0.15) is 9.61 Å². The number of carbonyl (C=O) groups excluding carboxylic acids is 1. The van der Waals surface area contributed by atoms with Gasteiger partial charge in [0.25, 0.3) is 0 Å². The number of fused-ring (bicyclic) bond motifs is 1. The first-order valence-electron chi connectivity index (χ1n) is 8.85. The minimum atomic E-state index is -0.533. The molecule has 152 valence electrons. The zero-order valence-electron chi connectivity index (χ0n) is 15.7. The lowest BCUT2D eigenvalue weighted by molar-refractivity contribution is -0.117. The van der Waals surface area contributed by atoms with Gasteiger partial charge in [0.15, 0.2) is 5.65 Å². The molecule has 0 unspecified atom stereocenters. The Hall–Kier alpha value is -2.98. The summed E-state index contributed by atoms with van der Waals surface area (Å²) in [4.78, 5) is 25.6. The van der Waals surface area contributed by atoms with Gasteiger partial charge in [0.1, 0.15) is 17.4 Å². The summed E-state index contributed by atoms with van der Waals surface area (Å²) in [5.74, 6) is -0.727. The van der Waals surface area contributed by atoms with E-state index in [0.29, 0.717) is 21.3 Å². The molecule has 0 aliphatic rings. The van der Waals surface area contributed by atoms with Gasteiger partial charge in [-0.25, -0.2) is 13.9 Å². The molecule has 0 spiro atoms. The minimum Gasteiger partial charge on any atom is -0.324 e. The van der Waals surface area contributed by atoms with Crippen molar-refractivity contribution in [2.24, 2.45) is 0 Å². The molecular weight excluding hydrogens is 473 g/mol.